The third-order valence-electron chi connectivity index (χ3n) is 5.13. The Morgan fingerprint density at radius 2 is 1.76 bits per heavy atom. The molecule has 4 rings (SSSR count). The second kappa shape index (κ2) is 4.85. The minimum absolute atomic E-state index is 0.616. The Hall–Kier alpha value is -1.86. The number of hydrogen-bond donors (Lipinski definition) is 0. The van der Waals surface area contributed by atoms with Gasteiger partial charge in [-0.25, -0.2) is 0 Å². The summed E-state index contributed by atoms with van der Waals surface area (Å²) in [5.41, 5.74) is 7.18. The minimum Gasteiger partial charge on any atom is -0.298 e. The third kappa shape index (κ3) is 2.04. The number of rotatable bonds is 2. The van der Waals surface area contributed by atoms with Gasteiger partial charge >= 0.3 is 0 Å². The van der Waals surface area contributed by atoms with Gasteiger partial charge in [0.2, 0.25) is 0 Å². The zero-order valence-electron chi connectivity index (χ0n) is 12.5. The van der Waals surface area contributed by atoms with Crippen molar-refractivity contribution >= 4 is 5.57 Å². The maximum atomic E-state index is 4.39. The molecule has 1 heteroatoms. The van der Waals surface area contributed by atoms with Crippen LogP contribution in [0.25, 0.3) is 5.57 Å². The highest BCUT2D eigenvalue weighted by Crippen LogP contribution is 2.50. The van der Waals surface area contributed by atoms with Gasteiger partial charge in [-0.3, -0.25) is 4.90 Å². The first-order valence-corrected chi connectivity index (χ1v) is 7.79. The van der Waals surface area contributed by atoms with Gasteiger partial charge in [-0.2, -0.15) is 0 Å². The summed E-state index contributed by atoms with van der Waals surface area (Å²) >= 11 is 0. The van der Waals surface area contributed by atoms with E-state index in [4.69, 9.17) is 0 Å². The third-order valence-corrected chi connectivity index (χ3v) is 5.13. The summed E-state index contributed by atoms with van der Waals surface area (Å²) in [5.74, 6) is 1.27. The van der Waals surface area contributed by atoms with Gasteiger partial charge in [0.1, 0.15) is 0 Å². The van der Waals surface area contributed by atoms with Crippen LogP contribution in [0.1, 0.15) is 28.2 Å². The quantitative estimate of drug-likeness (QED) is 0.792. The van der Waals surface area contributed by atoms with E-state index in [9.17, 15) is 0 Å². The van der Waals surface area contributed by atoms with E-state index in [1.807, 2.05) is 0 Å². The first-order chi connectivity index (χ1) is 10.2. The van der Waals surface area contributed by atoms with Crippen LogP contribution < -0.4 is 0 Å². The summed E-state index contributed by atoms with van der Waals surface area (Å²) < 4.78 is 0. The molecule has 2 aromatic rings. The molecule has 0 N–H and O–H groups in total. The van der Waals surface area contributed by atoms with E-state index < -0.39 is 0 Å². The monoisotopic (exact) mass is 275 g/mol. The Morgan fingerprint density at radius 1 is 1.00 bits per heavy atom. The fraction of sp³-hybridized carbons (Fsp3) is 0.300. The van der Waals surface area contributed by atoms with Crippen molar-refractivity contribution in [3.05, 3.63) is 77.4 Å². The lowest BCUT2D eigenvalue weighted by molar-refractivity contribution is 0.321. The average molecular weight is 275 g/mol. The van der Waals surface area contributed by atoms with Gasteiger partial charge in [0.25, 0.3) is 0 Å². The molecule has 0 radical (unpaired) electrons. The van der Waals surface area contributed by atoms with Crippen LogP contribution in [0.15, 0.2) is 55.1 Å². The van der Waals surface area contributed by atoms with Crippen molar-refractivity contribution < 1.29 is 0 Å². The van der Waals surface area contributed by atoms with E-state index in [0.717, 1.165) is 19.6 Å². The van der Waals surface area contributed by atoms with Gasteiger partial charge in [0.15, 0.2) is 0 Å². The minimum atomic E-state index is 0.616. The number of benzene rings is 2. The summed E-state index contributed by atoms with van der Waals surface area (Å²) in [6.07, 6.45) is 0. The second-order valence-corrected chi connectivity index (χ2v) is 6.45. The predicted molar refractivity (Wildman–Crippen MR) is 88.2 cm³/mol. The van der Waals surface area contributed by atoms with Crippen LogP contribution in [0.2, 0.25) is 0 Å². The summed E-state index contributed by atoms with van der Waals surface area (Å²) in [7, 11) is 0. The molecule has 2 unspecified atom stereocenters. The summed E-state index contributed by atoms with van der Waals surface area (Å²) in [4.78, 5) is 2.59. The van der Waals surface area contributed by atoms with Crippen molar-refractivity contribution in [3.63, 3.8) is 0 Å². The summed E-state index contributed by atoms with van der Waals surface area (Å²) in [6.45, 7) is 10.0. The van der Waals surface area contributed by atoms with Crippen LogP contribution in [0.3, 0.4) is 0 Å². The lowest BCUT2D eigenvalue weighted by Crippen LogP contribution is -2.21. The summed E-state index contributed by atoms with van der Waals surface area (Å²) in [6, 6.07) is 17.5. The lowest BCUT2D eigenvalue weighted by atomic mass is 9.93. The summed E-state index contributed by atoms with van der Waals surface area (Å²) in [5, 5.41) is 0. The predicted octanol–water partition coefficient (Wildman–Crippen LogP) is 4.24. The van der Waals surface area contributed by atoms with Crippen LogP contribution in [0, 0.1) is 12.8 Å². The van der Waals surface area contributed by atoms with E-state index in [1.165, 1.54) is 22.3 Å². The number of aryl methyl sites for hydroxylation is 1. The first-order valence-electron chi connectivity index (χ1n) is 7.79. The fourth-order valence-corrected chi connectivity index (χ4v) is 4.15. The van der Waals surface area contributed by atoms with Crippen molar-refractivity contribution in [3.8, 4) is 0 Å². The molecule has 0 aromatic heterocycles. The normalized spacial score (nSPS) is 24.1. The largest absolute Gasteiger partial charge is 0.298 e. The Kier molecular flexibility index (Phi) is 2.97. The Morgan fingerprint density at radius 3 is 2.57 bits per heavy atom. The van der Waals surface area contributed by atoms with E-state index in [-0.39, 0.29) is 0 Å². The topological polar surface area (TPSA) is 3.24 Å². The molecule has 0 spiro atoms. The standard InChI is InChI=1S/C20H21N/c1-14-7-6-10-17-15(2)18-12-21(13-19(18)20(14)17)11-16-8-4-3-5-9-16/h3-10,18-19H,2,11-13H2,1H3. The van der Waals surface area contributed by atoms with Gasteiger partial charge in [-0.05, 0) is 34.8 Å². The smallest absolute Gasteiger partial charge is 0.0234 e. The molecule has 0 bridgehead atoms. The molecule has 1 fully saturated rings. The second-order valence-electron chi connectivity index (χ2n) is 6.45. The van der Waals surface area contributed by atoms with Crippen molar-refractivity contribution in [2.45, 2.75) is 19.4 Å². The van der Waals surface area contributed by atoms with Crippen molar-refractivity contribution in [2.24, 2.45) is 5.92 Å². The highest BCUT2D eigenvalue weighted by atomic mass is 15.2. The molecule has 1 aliphatic carbocycles. The Balaban J connectivity index is 1.60. The van der Waals surface area contributed by atoms with Crippen LogP contribution >= 0.6 is 0 Å². The molecule has 2 atom stereocenters. The maximum absolute atomic E-state index is 4.39. The van der Waals surface area contributed by atoms with Gasteiger partial charge < -0.3 is 0 Å². The molecule has 1 nitrogen and oxygen atoms in total. The van der Waals surface area contributed by atoms with Gasteiger partial charge in [-0.15, -0.1) is 0 Å². The molecule has 0 saturated carbocycles. The number of likely N-dealkylation sites (tertiary alicyclic amines) is 1. The molecular formula is C20H21N. The van der Waals surface area contributed by atoms with Crippen LogP contribution in [0.4, 0.5) is 0 Å². The van der Waals surface area contributed by atoms with E-state index in [0.29, 0.717) is 11.8 Å². The van der Waals surface area contributed by atoms with Crippen LogP contribution in [-0.4, -0.2) is 18.0 Å². The zero-order valence-corrected chi connectivity index (χ0v) is 12.5. The Labute approximate surface area is 126 Å². The highest BCUT2D eigenvalue weighted by molar-refractivity contribution is 5.76. The SMILES string of the molecule is C=C1c2cccc(C)c2C2CN(Cc3ccccc3)CC12. The molecule has 1 saturated heterocycles. The number of fused-ring (bicyclic) bond motifs is 3. The zero-order chi connectivity index (χ0) is 14.4. The van der Waals surface area contributed by atoms with E-state index >= 15 is 0 Å². The molecule has 106 valence electrons. The lowest BCUT2D eigenvalue weighted by Gasteiger charge is -2.18. The average Bonchev–Trinajstić information content (AvgIpc) is 3.00. The van der Waals surface area contributed by atoms with Gasteiger partial charge in [-0.1, -0.05) is 55.1 Å². The maximum Gasteiger partial charge on any atom is 0.0234 e. The molecular weight excluding hydrogens is 254 g/mol. The molecule has 1 heterocycles. The molecule has 2 aliphatic rings. The first kappa shape index (κ1) is 12.8. The molecule has 21 heavy (non-hydrogen) atoms. The van der Waals surface area contributed by atoms with E-state index in [1.54, 1.807) is 5.56 Å². The highest BCUT2D eigenvalue weighted by Gasteiger charge is 2.42. The van der Waals surface area contributed by atoms with Crippen molar-refractivity contribution in [1.82, 2.24) is 4.90 Å². The van der Waals surface area contributed by atoms with Gasteiger partial charge in [0, 0.05) is 31.5 Å². The fourth-order valence-electron chi connectivity index (χ4n) is 4.15. The molecule has 2 aromatic carbocycles. The van der Waals surface area contributed by atoms with Gasteiger partial charge in [0.05, 0.1) is 0 Å². The van der Waals surface area contributed by atoms with Crippen molar-refractivity contribution in [1.29, 1.82) is 0 Å². The molecule has 0 amide bonds. The van der Waals surface area contributed by atoms with Crippen molar-refractivity contribution in [2.75, 3.05) is 13.1 Å². The van der Waals surface area contributed by atoms with Crippen LogP contribution in [0.5, 0.6) is 0 Å². The number of nitrogens with zero attached hydrogens (tertiary/aromatic N) is 1. The molecule has 1 aliphatic heterocycles. The van der Waals surface area contributed by atoms with Crippen LogP contribution in [-0.2, 0) is 6.54 Å². The number of hydrogen-bond acceptors (Lipinski definition) is 1. The van der Waals surface area contributed by atoms with E-state index in [2.05, 4.69) is 66.9 Å². The Bertz CT molecular complexity index is 686.